The summed E-state index contributed by atoms with van der Waals surface area (Å²) in [7, 11) is 1.35. The van der Waals surface area contributed by atoms with E-state index in [9.17, 15) is 4.79 Å². The Kier molecular flexibility index (Phi) is 3.11. The first kappa shape index (κ1) is 9.83. The van der Waals surface area contributed by atoms with Crippen molar-refractivity contribution in [1.82, 2.24) is 4.90 Å². The van der Waals surface area contributed by atoms with Crippen LogP contribution in [-0.2, 0) is 9.57 Å². The number of nitrogens with zero attached hydrogens (tertiary/aromatic N) is 2. The van der Waals surface area contributed by atoms with E-state index >= 15 is 0 Å². The molecule has 0 fully saturated rings. The van der Waals surface area contributed by atoms with Crippen LogP contribution in [0.4, 0.5) is 4.79 Å². The molecule has 0 N–H and O–H groups in total. The lowest BCUT2D eigenvalue weighted by Gasteiger charge is -2.23. The van der Waals surface area contributed by atoms with Gasteiger partial charge in [-0.25, -0.2) is 4.79 Å². The average molecular weight is 186 g/mol. The van der Waals surface area contributed by atoms with Crippen LogP contribution in [0.25, 0.3) is 0 Å². The van der Waals surface area contributed by atoms with Crippen LogP contribution in [0, 0.1) is 0 Å². The molecule has 1 amide bonds. The summed E-state index contributed by atoms with van der Waals surface area (Å²) >= 11 is 0. The normalized spacial score (nSPS) is 20.5. The molecule has 1 rings (SSSR count). The molecular formula is C8H14N2O3. The highest BCUT2D eigenvalue weighted by molar-refractivity contribution is 5.83. The summed E-state index contributed by atoms with van der Waals surface area (Å²) in [5.74, 6) is 0. The zero-order valence-corrected chi connectivity index (χ0v) is 8.11. The number of ether oxygens (including phenoxy) is 1. The molecule has 0 aliphatic carbocycles. The number of carbonyl (C=O) groups excluding carboxylic acids is 1. The molecule has 1 heterocycles. The topological polar surface area (TPSA) is 51.1 Å². The summed E-state index contributed by atoms with van der Waals surface area (Å²) in [6.07, 6.45) is -0.0157. The van der Waals surface area contributed by atoms with Gasteiger partial charge in [0.15, 0.2) is 0 Å². The highest BCUT2D eigenvalue weighted by Crippen LogP contribution is 2.15. The van der Waals surface area contributed by atoms with Crippen molar-refractivity contribution in [3.05, 3.63) is 0 Å². The highest BCUT2D eigenvalue weighted by atomic mass is 16.7. The fraction of sp³-hybridized carbons (Fsp3) is 0.750. The minimum Gasteiger partial charge on any atom is -0.453 e. The van der Waals surface area contributed by atoms with Crippen molar-refractivity contribution in [2.75, 3.05) is 13.7 Å². The minimum atomic E-state index is -0.377. The molecule has 74 valence electrons. The van der Waals surface area contributed by atoms with Crippen LogP contribution in [0.3, 0.4) is 0 Å². The van der Waals surface area contributed by atoms with Gasteiger partial charge in [-0.05, 0) is 13.8 Å². The second kappa shape index (κ2) is 4.11. The zero-order chi connectivity index (χ0) is 9.84. The summed E-state index contributed by atoms with van der Waals surface area (Å²) in [4.78, 5) is 17.8. The van der Waals surface area contributed by atoms with Gasteiger partial charge in [0.2, 0.25) is 6.23 Å². The van der Waals surface area contributed by atoms with Crippen molar-refractivity contribution in [2.45, 2.75) is 26.5 Å². The smallest absolute Gasteiger partial charge is 0.412 e. The van der Waals surface area contributed by atoms with Gasteiger partial charge in [0.05, 0.1) is 12.8 Å². The maximum absolute atomic E-state index is 11.2. The first-order valence-corrected chi connectivity index (χ1v) is 4.23. The number of hydrogen-bond acceptors (Lipinski definition) is 4. The fourth-order valence-electron chi connectivity index (χ4n) is 1.21. The lowest BCUT2D eigenvalue weighted by molar-refractivity contribution is -0.0279. The Hall–Kier alpha value is -1.26. The van der Waals surface area contributed by atoms with Crippen molar-refractivity contribution in [1.29, 1.82) is 0 Å². The first-order chi connectivity index (χ1) is 6.19. The van der Waals surface area contributed by atoms with Crippen LogP contribution in [0.5, 0.6) is 0 Å². The Bertz CT molecular complexity index is 227. The third-order valence-electron chi connectivity index (χ3n) is 1.90. The van der Waals surface area contributed by atoms with Crippen LogP contribution < -0.4 is 0 Å². The molecule has 1 unspecified atom stereocenters. The Morgan fingerprint density at radius 1 is 1.85 bits per heavy atom. The van der Waals surface area contributed by atoms with E-state index in [4.69, 9.17) is 4.84 Å². The number of oxime groups is 1. The number of hydrogen-bond donors (Lipinski definition) is 0. The molecule has 0 spiro atoms. The van der Waals surface area contributed by atoms with Gasteiger partial charge in [0.25, 0.3) is 0 Å². The number of carbonyl (C=O) groups is 1. The van der Waals surface area contributed by atoms with Gasteiger partial charge in [-0.3, -0.25) is 4.90 Å². The Morgan fingerprint density at radius 3 is 2.92 bits per heavy atom. The van der Waals surface area contributed by atoms with E-state index in [0.717, 1.165) is 5.71 Å². The van der Waals surface area contributed by atoms with E-state index in [2.05, 4.69) is 9.89 Å². The quantitative estimate of drug-likeness (QED) is 0.651. The SMILES string of the molecule is CCN(C(=O)OC)C1CC(C)=NO1. The molecule has 0 aromatic carbocycles. The van der Waals surface area contributed by atoms with Crippen LogP contribution in [0.1, 0.15) is 20.3 Å². The maximum atomic E-state index is 11.2. The molecule has 0 aromatic heterocycles. The number of rotatable bonds is 2. The third-order valence-corrected chi connectivity index (χ3v) is 1.90. The fourth-order valence-corrected chi connectivity index (χ4v) is 1.21. The van der Waals surface area contributed by atoms with E-state index < -0.39 is 0 Å². The molecule has 5 heteroatoms. The maximum Gasteiger partial charge on any atom is 0.412 e. The molecule has 0 saturated carbocycles. The van der Waals surface area contributed by atoms with Crippen molar-refractivity contribution in [2.24, 2.45) is 5.16 Å². The summed E-state index contributed by atoms with van der Waals surface area (Å²) in [6.45, 7) is 4.29. The summed E-state index contributed by atoms with van der Waals surface area (Å²) < 4.78 is 4.61. The Labute approximate surface area is 77.3 Å². The Morgan fingerprint density at radius 2 is 2.54 bits per heavy atom. The lowest BCUT2D eigenvalue weighted by atomic mass is 10.2. The molecule has 1 aliphatic heterocycles. The van der Waals surface area contributed by atoms with Crippen LogP contribution in [0.15, 0.2) is 5.16 Å². The first-order valence-electron chi connectivity index (χ1n) is 4.23. The van der Waals surface area contributed by atoms with Gasteiger partial charge in [0, 0.05) is 13.0 Å². The molecule has 0 radical (unpaired) electrons. The Balaban J connectivity index is 2.54. The highest BCUT2D eigenvalue weighted by Gasteiger charge is 2.28. The predicted molar refractivity (Wildman–Crippen MR) is 47.4 cm³/mol. The second-order valence-electron chi connectivity index (χ2n) is 2.85. The van der Waals surface area contributed by atoms with Gasteiger partial charge >= 0.3 is 6.09 Å². The number of amides is 1. The van der Waals surface area contributed by atoms with Crippen LogP contribution >= 0.6 is 0 Å². The van der Waals surface area contributed by atoms with Crippen LogP contribution in [-0.4, -0.2) is 36.6 Å². The average Bonchev–Trinajstić information content (AvgIpc) is 2.53. The van der Waals surface area contributed by atoms with Crippen LogP contribution in [0.2, 0.25) is 0 Å². The van der Waals surface area contributed by atoms with E-state index in [1.54, 1.807) is 0 Å². The van der Waals surface area contributed by atoms with E-state index in [1.807, 2.05) is 13.8 Å². The number of methoxy groups -OCH3 is 1. The monoisotopic (exact) mass is 186 g/mol. The molecule has 1 aliphatic rings. The molecule has 0 saturated heterocycles. The molecule has 0 aromatic rings. The molecular weight excluding hydrogens is 172 g/mol. The van der Waals surface area contributed by atoms with Gasteiger partial charge in [-0.15, -0.1) is 0 Å². The van der Waals surface area contributed by atoms with Gasteiger partial charge in [0.1, 0.15) is 0 Å². The van der Waals surface area contributed by atoms with E-state index in [0.29, 0.717) is 13.0 Å². The molecule has 13 heavy (non-hydrogen) atoms. The van der Waals surface area contributed by atoms with Crippen molar-refractivity contribution in [3.63, 3.8) is 0 Å². The zero-order valence-electron chi connectivity index (χ0n) is 8.11. The minimum absolute atomic E-state index is 0.294. The predicted octanol–water partition coefficient (Wildman–Crippen LogP) is 1.20. The molecule has 5 nitrogen and oxygen atoms in total. The van der Waals surface area contributed by atoms with E-state index in [1.165, 1.54) is 12.0 Å². The molecule has 1 atom stereocenters. The summed E-state index contributed by atoms with van der Waals surface area (Å²) in [6, 6.07) is 0. The molecule has 0 bridgehead atoms. The second-order valence-corrected chi connectivity index (χ2v) is 2.85. The summed E-state index contributed by atoms with van der Waals surface area (Å²) in [5, 5.41) is 3.77. The van der Waals surface area contributed by atoms with Gasteiger partial charge in [-0.2, -0.15) is 0 Å². The third kappa shape index (κ3) is 2.11. The van der Waals surface area contributed by atoms with Crippen molar-refractivity contribution >= 4 is 11.8 Å². The van der Waals surface area contributed by atoms with Gasteiger partial charge in [-0.1, -0.05) is 5.16 Å². The van der Waals surface area contributed by atoms with Crippen molar-refractivity contribution < 1.29 is 14.4 Å². The standard InChI is InChI=1S/C8H14N2O3/c1-4-10(8(11)12-3)7-5-6(2)9-13-7/h7H,4-5H2,1-3H3. The van der Waals surface area contributed by atoms with Crippen molar-refractivity contribution in [3.8, 4) is 0 Å². The summed E-state index contributed by atoms with van der Waals surface area (Å²) in [5.41, 5.74) is 0.896. The lowest BCUT2D eigenvalue weighted by Crippen LogP contribution is -2.40. The largest absolute Gasteiger partial charge is 0.453 e. The van der Waals surface area contributed by atoms with Gasteiger partial charge < -0.3 is 9.57 Å². The van der Waals surface area contributed by atoms with E-state index in [-0.39, 0.29) is 12.3 Å².